The van der Waals surface area contributed by atoms with E-state index in [4.69, 9.17) is 0 Å². The Morgan fingerprint density at radius 2 is 0.562 bits per heavy atom. The average molecular weight is 926 g/mol. The zero-order valence-electron chi connectivity index (χ0n) is 40.1. The molecule has 0 heterocycles. The van der Waals surface area contributed by atoms with Gasteiger partial charge in [-0.05, 0) is 153 Å². The van der Waals surface area contributed by atoms with Crippen LogP contribution in [-0.4, -0.2) is 0 Å². The Morgan fingerprint density at radius 3 is 1.10 bits per heavy atom. The SMILES string of the molecule is c1ccc(-c2ccc(N(c3ccc(-c4ccc5ccccc5c4)cc3)c3ccc(-c4cccc5c4C4(c6ccccc6-c6ccccc64)c4ccccc4C54c5ccccc5-c5ccccc54)cc3)cc2)cc1. The van der Waals surface area contributed by atoms with Gasteiger partial charge in [-0.25, -0.2) is 0 Å². The molecule has 0 aliphatic heterocycles. The van der Waals surface area contributed by atoms with Crippen molar-refractivity contribution >= 4 is 27.8 Å². The molecule has 2 spiro atoms. The first-order valence-electron chi connectivity index (χ1n) is 25.5. The van der Waals surface area contributed by atoms with Crippen molar-refractivity contribution < 1.29 is 0 Å². The lowest BCUT2D eigenvalue weighted by atomic mass is 9.51. The second kappa shape index (κ2) is 16.1. The monoisotopic (exact) mass is 925 g/mol. The summed E-state index contributed by atoms with van der Waals surface area (Å²) in [6, 6.07) is 107. The van der Waals surface area contributed by atoms with Crippen molar-refractivity contribution in [3.8, 4) is 55.6 Å². The van der Waals surface area contributed by atoms with E-state index in [2.05, 4.69) is 290 Å². The van der Waals surface area contributed by atoms with Crippen molar-refractivity contribution in [3.63, 3.8) is 0 Å². The van der Waals surface area contributed by atoms with Crippen LogP contribution in [0, 0.1) is 0 Å². The van der Waals surface area contributed by atoms with Crippen LogP contribution in [0.3, 0.4) is 0 Å². The highest BCUT2D eigenvalue weighted by atomic mass is 15.1. The first-order valence-corrected chi connectivity index (χ1v) is 25.5. The van der Waals surface area contributed by atoms with Crippen molar-refractivity contribution in [1.82, 2.24) is 0 Å². The van der Waals surface area contributed by atoms with Gasteiger partial charge in [-0.1, -0.05) is 243 Å². The maximum atomic E-state index is 2.45. The lowest BCUT2D eigenvalue weighted by Gasteiger charge is -2.49. The molecule has 1 heteroatoms. The quantitative estimate of drug-likeness (QED) is 0.161. The Hall–Kier alpha value is -9.30. The number of nitrogens with zero attached hydrogens (tertiary/aromatic N) is 1. The fraction of sp³-hybridized carbons (Fsp3) is 0.0278. The molecule has 0 aromatic heterocycles. The van der Waals surface area contributed by atoms with Crippen molar-refractivity contribution in [3.05, 3.63) is 330 Å². The molecule has 0 saturated carbocycles. The zero-order valence-corrected chi connectivity index (χ0v) is 40.1. The Kier molecular flexibility index (Phi) is 9.16. The number of fused-ring (bicyclic) bond motifs is 17. The summed E-state index contributed by atoms with van der Waals surface area (Å²) < 4.78 is 0. The van der Waals surface area contributed by atoms with Crippen LogP contribution < -0.4 is 4.90 Å². The second-order valence-corrected chi connectivity index (χ2v) is 19.9. The topological polar surface area (TPSA) is 3.24 Å². The summed E-state index contributed by atoms with van der Waals surface area (Å²) in [5.74, 6) is 0. The molecule has 0 radical (unpaired) electrons. The van der Waals surface area contributed by atoms with E-state index < -0.39 is 10.8 Å². The van der Waals surface area contributed by atoms with Crippen molar-refractivity contribution in [2.75, 3.05) is 4.90 Å². The highest BCUT2D eigenvalue weighted by Crippen LogP contribution is 2.68. The fourth-order valence-electron chi connectivity index (χ4n) is 13.4. The standard InChI is InChI=1S/C72H47N/c1-2-17-48(18-3-1)50-35-41-55(42-36-50)73(56-43-37-51(38-44-56)54-34-33-49-19-4-5-20-53(49)47-54)57-45-39-52(40-46-57)58-25-16-32-69-70(58)72(65-28-12-8-23-61(65)62-24-9-13-29-66(62)72)68-31-15-14-30-67(68)71(69)63-26-10-6-21-59(63)60-22-7-11-27-64(60)71/h1-47H. The van der Waals surface area contributed by atoms with Gasteiger partial charge in [-0.3, -0.25) is 0 Å². The van der Waals surface area contributed by atoms with Gasteiger partial charge in [0.2, 0.25) is 0 Å². The van der Waals surface area contributed by atoms with Crippen LogP contribution in [0.1, 0.15) is 44.5 Å². The summed E-state index contributed by atoms with van der Waals surface area (Å²) >= 11 is 0. The van der Waals surface area contributed by atoms with E-state index in [1.54, 1.807) is 0 Å². The molecular weight excluding hydrogens is 879 g/mol. The van der Waals surface area contributed by atoms with Crippen LogP contribution in [0.2, 0.25) is 0 Å². The van der Waals surface area contributed by atoms with E-state index in [1.807, 2.05) is 0 Å². The summed E-state index contributed by atoms with van der Waals surface area (Å²) in [5, 5.41) is 2.49. The van der Waals surface area contributed by atoms with Crippen LogP contribution in [0.15, 0.2) is 285 Å². The Balaban J connectivity index is 0.940. The molecule has 0 unspecified atom stereocenters. The van der Waals surface area contributed by atoms with E-state index in [0.717, 1.165) is 17.1 Å². The lowest BCUT2D eigenvalue weighted by molar-refractivity contribution is 0.634. The zero-order chi connectivity index (χ0) is 48.1. The van der Waals surface area contributed by atoms with Crippen molar-refractivity contribution in [2.24, 2.45) is 0 Å². The van der Waals surface area contributed by atoms with E-state index in [1.165, 1.54) is 111 Å². The third kappa shape index (κ3) is 5.91. The third-order valence-electron chi connectivity index (χ3n) is 16.4. The highest BCUT2D eigenvalue weighted by molar-refractivity contribution is 5.97. The molecule has 12 aromatic carbocycles. The van der Waals surface area contributed by atoms with Gasteiger partial charge in [-0.2, -0.15) is 0 Å². The van der Waals surface area contributed by atoms with Gasteiger partial charge in [0, 0.05) is 17.1 Å². The van der Waals surface area contributed by atoms with Gasteiger partial charge in [-0.15, -0.1) is 0 Å². The molecule has 0 bridgehead atoms. The molecule has 0 atom stereocenters. The van der Waals surface area contributed by atoms with Crippen molar-refractivity contribution in [1.29, 1.82) is 0 Å². The molecule has 0 saturated heterocycles. The minimum atomic E-state index is -0.592. The molecular formula is C72H47N. The van der Waals surface area contributed by atoms with Crippen molar-refractivity contribution in [2.45, 2.75) is 10.8 Å². The van der Waals surface area contributed by atoms with Gasteiger partial charge >= 0.3 is 0 Å². The normalized spacial score (nSPS) is 13.7. The molecule has 73 heavy (non-hydrogen) atoms. The molecule has 0 fully saturated rings. The van der Waals surface area contributed by atoms with E-state index in [9.17, 15) is 0 Å². The molecule has 15 rings (SSSR count). The number of benzene rings is 12. The third-order valence-corrected chi connectivity index (χ3v) is 16.4. The Bertz CT molecular complexity index is 4040. The molecule has 340 valence electrons. The molecule has 3 aliphatic carbocycles. The lowest BCUT2D eigenvalue weighted by Crippen LogP contribution is -2.44. The molecule has 3 aliphatic rings. The number of rotatable bonds is 6. The van der Waals surface area contributed by atoms with Gasteiger partial charge in [0.05, 0.1) is 10.8 Å². The minimum Gasteiger partial charge on any atom is -0.311 e. The molecule has 1 nitrogen and oxygen atoms in total. The number of anilines is 3. The highest BCUT2D eigenvalue weighted by Gasteiger charge is 2.59. The summed E-state index contributed by atoms with van der Waals surface area (Å²) in [4.78, 5) is 2.39. The molecule has 12 aromatic rings. The van der Waals surface area contributed by atoms with Gasteiger partial charge in [0.25, 0.3) is 0 Å². The van der Waals surface area contributed by atoms with E-state index >= 15 is 0 Å². The largest absolute Gasteiger partial charge is 0.311 e. The predicted octanol–water partition coefficient (Wildman–Crippen LogP) is 18.4. The minimum absolute atomic E-state index is 0.547. The number of hydrogen-bond acceptors (Lipinski definition) is 1. The maximum absolute atomic E-state index is 2.45. The summed E-state index contributed by atoms with van der Waals surface area (Å²) in [5.41, 5.74) is 25.3. The predicted molar refractivity (Wildman–Crippen MR) is 303 cm³/mol. The van der Waals surface area contributed by atoms with Gasteiger partial charge in [0.15, 0.2) is 0 Å². The first-order chi connectivity index (χ1) is 36.2. The number of hydrogen-bond donors (Lipinski definition) is 0. The second-order valence-electron chi connectivity index (χ2n) is 19.9. The van der Waals surface area contributed by atoms with Gasteiger partial charge in [0.1, 0.15) is 0 Å². The van der Waals surface area contributed by atoms with Crippen LogP contribution >= 0.6 is 0 Å². The van der Waals surface area contributed by atoms with Crippen LogP contribution in [0.25, 0.3) is 66.4 Å². The summed E-state index contributed by atoms with van der Waals surface area (Å²) in [6.45, 7) is 0. The average Bonchev–Trinajstić information content (AvgIpc) is 4.07. The molecule has 0 amide bonds. The fourth-order valence-corrected chi connectivity index (χ4v) is 13.4. The van der Waals surface area contributed by atoms with Crippen LogP contribution in [-0.2, 0) is 10.8 Å². The van der Waals surface area contributed by atoms with Crippen LogP contribution in [0.5, 0.6) is 0 Å². The van der Waals surface area contributed by atoms with E-state index in [-0.39, 0.29) is 0 Å². The Labute approximate surface area is 426 Å². The van der Waals surface area contributed by atoms with Gasteiger partial charge < -0.3 is 4.90 Å². The first kappa shape index (κ1) is 41.5. The smallest absolute Gasteiger partial charge is 0.0725 e. The summed E-state index contributed by atoms with van der Waals surface area (Å²) in [7, 11) is 0. The summed E-state index contributed by atoms with van der Waals surface area (Å²) in [6.07, 6.45) is 0. The van der Waals surface area contributed by atoms with Crippen LogP contribution in [0.4, 0.5) is 17.1 Å². The molecule has 0 N–H and O–H groups in total. The van der Waals surface area contributed by atoms with E-state index in [0.29, 0.717) is 0 Å². The Morgan fingerprint density at radius 1 is 0.205 bits per heavy atom. The maximum Gasteiger partial charge on any atom is 0.0725 e.